The molecule has 0 spiro atoms. The van der Waals surface area contributed by atoms with Gasteiger partial charge in [0.1, 0.15) is 0 Å². The maximum Gasteiger partial charge on any atom is 0.334 e. The maximum atomic E-state index is 14.3. The van der Waals surface area contributed by atoms with Crippen molar-refractivity contribution in [2.24, 2.45) is 29.1 Å². The largest absolute Gasteiger partial charge is 0.463 e. The lowest BCUT2D eigenvalue weighted by atomic mass is 9.43. The molecule has 0 aromatic heterocycles. The number of para-hydroxylation sites is 2. The molecule has 2 heterocycles. The number of hydrogen-bond acceptors (Lipinski definition) is 6. The van der Waals surface area contributed by atoms with Crippen LogP contribution >= 0.6 is 39.1 Å². The van der Waals surface area contributed by atoms with Gasteiger partial charge in [0.05, 0.1) is 56.0 Å². The van der Waals surface area contributed by atoms with Crippen LogP contribution in [0, 0.1) is 29.1 Å². The number of anilines is 2. The van der Waals surface area contributed by atoms with Crippen LogP contribution in [-0.4, -0.2) is 40.5 Å². The standard InChI is InChI=1S/C29H23BrCl2N2O6/c1-4-40-27(39)18-13(2)29(30)21-19(23(35)33(25(21)37)16-11-7-5-9-14(16)31)28(18,3)20-22(29)26(38)34(24(20)36)17-12-8-6-10-15(17)32/h5-12,19-22H,4H2,1-3H3/t19-,20+,21-,22-,28?,29?/m1/s1. The molecule has 7 rings (SSSR count). The van der Waals surface area contributed by atoms with Gasteiger partial charge in [0.2, 0.25) is 23.6 Å². The van der Waals surface area contributed by atoms with Gasteiger partial charge in [-0.2, -0.15) is 0 Å². The highest BCUT2D eigenvalue weighted by atomic mass is 79.9. The van der Waals surface area contributed by atoms with Crippen molar-refractivity contribution in [3.63, 3.8) is 0 Å². The number of rotatable bonds is 4. The number of esters is 1. The molecule has 3 fully saturated rings. The predicted molar refractivity (Wildman–Crippen MR) is 151 cm³/mol. The van der Waals surface area contributed by atoms with Crippen LogP contribution in [0.3, 0.4) is 0 Å². The van der Waals surface area contributed by atoms with Crippen LogP contribution in [0.1, 0.15) is 20.8 Å². The third kappa shape index (κ3) is 3.11. The zero-order valence-corrected chi connectivity index (χ0v) is 24.7. The summed E-state index contributed by atoms with van der Waals surface area (Å²) >= 11 is 16.6. The van der Waals surface area contributed by atoms with Crippen molar-refractivity contribution in [2.75, 3.05) is 16.4 Å². The third-order valence-electron chi connectivity index (χ3n) is 8.96. The predicted octanol–water partition coefficient (Wildman–Crippen LogP) is 4.95. The van der Waals surface area contributed by atoms with Crippen molar-refractivity contribution in [1.29, 1.82) is 0 Å². The van der Waals surface area contributed by atoms with E-state index in [4.69, 9.17) is 27.9 Å². The summed E-state index contributed by atoms with van der Waals surface area (Å²) in [7, 11) is 0. The fourth-order valence-corrected chi connectivity index (χ4v) is 9.03. The van der Waals surface area contributed by atoms with Crippen molar-refractivity contribution in [2.45, 2.75) is 25.1 Å². The zero-order valence-electron chi connectivity index (χ0n) is 21.6. The van der Waals surface area contributed by atoms with Gasteiger partial charge < -0.3 is 4.74 Å². The molecule has 1 saturated carbocycles. The highest BCUT2D eigenvalue weighted by Gasteiger charge is 2.81. The lowest BCUT2D eigenvalue weighted by molar-refractivity contribution is -0.152. The molecule has 4 amide bonds. The number of hydrogen-bond donors (Lipinski definition) is 0. The Morgan fingerprint density at radius 3 is 1.62 bits per heavy atom. The number of halogens is 3. The van der Waals surface area contributed by atoms with Crippen LogP contribution in [0.5, 0.6) is 0 Å². The summed E-state index contributed by atoms with van der Waals surface area (Å²) in [4.78, 5) is 72.6. The molecule has 40 heavy (non-hydrogen) atoms. The van der Waals surface area contributed by atoms with E-state index in [1.807, 2.05) is 0 Å². The number of carbonyl (C=O) groups is 5. The topological polar surface area (TPSA) is 101 Å². The molecule has 8 nitrogen and oxygen atoms in total. The van der Waals surface area contributed by atoms with Gasteiger partial charge in [-0.05, 0) is 43.7 Å². The van der Waals surface area contributed by atoms with Crippen LogP contribution in [0.4, 0.5) is 11.4 Å². The molecule has 2 aromatic carbocycles. The Morgan fingerprint density at radius 1 is 0.825 bits per heavy atom. The van der Waals surface area contributed by atoms with E-state index in [9.17, 15) is 24.0 Å². The fraction of sp³-hybridized carbons (Fsp3) is 0.345. The Hall–Kier alpha value is -3.01. The second kappa shape index (κ2) is 8.99. The molecule has 0 N–H and O–H groups in total. The number of allylic oxidation sites excluding steroid dienone is 1. The minimum atomic E-state index is -1.55. The van der Waals surface area contributed by atoms with Gasteiger partial charge in [-0.3, -0.25) is 19.2 Å². The van der Waals surface area contributed by atoms with Crippen LogP contribution in [0.15, 0.2) is 59.7 Å². The molecule has 3 aliphatic carbocycles. The molecule has 0 radical (unpaired) electrons. The first-order valence-electron chi connectivity index (χ1n) is 12.8. The van der Waals surface area contributed by atoms with Gasteiger partial charge >= 0.3 is 5.97 Å². The van der Waals surface area contributed by atoms with Crippen LogP contribution in [-0.2, 0) is 28.7 Å². The van der Waals surface area contributed by atoms with E-state index in [0.29, 0.717) is 5.57 Å². The molecule has 2 bridgehead atoms. The molecule has 6 atom stereocenters. The first-order valence-corrected chi connectivity index (χ1v) is 14.3. The summed E-state index contributed by atoms with van der Waals surface area (Å²) < 4.78 is 3.88. The average molecular weight is 646 g/mol. The van der Waals surface area contributed by atoms with Gasteiger partial charge in [-0.15, -0.1) is 0 Å². The van der Waals surface area contributed by atoms with Crippen LogP contribution in [0.25, 0.3) is 0 Å². The number of alkyl halides is 1. The van der Waals surface area contributed by atoms with E-state index in [-0.39, 0.29) is 33.6 Å². The Labute approximate surface area is 248 Å². The van der Waals surface area contributed by atoms with E-state index in [1.165, 1.54) is 0 Å². The number of amides is 4. The Morgan fingerprint density at radius 2 is 1.23 bits per heavy atom. The lowest BCUT2D eigenvalue weighted by Crippen LogP contribution is -2.67. The number of nitrogens with zero attached hydrogens (tertiary/aromatic N) is 2. The summed E-state index contributed by atoms with van der Waals surface area (Å²) in [6.07, 6.45) is 0. The van der Waals surface area contributed by atoms with E-state index in [0.717, 1.165) is 9.80 Å². The first-order chi connectivity index (χ1) is 18.9. The molecule has 2 aromatic rings. The molecular formula is C29H23BrCl2N2O6. The Bertz CT molecular complexity index is 1500. The molecule has 2 aliphatic heterocycles. The molecule has 5 aliphatic rings. The quantitative estimate of drug-likeness (QED) is 0.265. The van der Waals surface area contributed by atoms with Crippen molar-refractivity contribution >= 4 is 80.1 Å². The van der Waals surface area contributed by atoms with Gasteiger partial charge in [-0.1, -0.05) is 70.3 Å². The zero-order chi connectivity index (χ0) is 28.9. The smallest absolute Gasteiger partial charge is 0.334 e. The van der Waals surface area contributed by atoms with Crippen LogP contribution in [0.2, 0.25) is 10.0 Å². The number of imide groups is 2. The number of benzene rings is 2. The second-order valence-electron chi connectivity index (χ2n) is 10.6. The van der Waals surface area contributed by atoms with Gasteiger partial charge in [0.25, 0.3) is 0 Å². The van der Waals surface area contributed by atoms with E-state index < -0.39 is 63.0 Å². The van der Waals surface area contributed by atoms with Gasteiger partial charge in [-0.25, -0.2) is 14.6 Å². The number of carbonyl (C=O) groups excluding carboxylic acids is 5. The monoisotopic (exact) mass is 644 g/mol. The van der Waals surface area contributed by atoms with Crippen molar-refractivity contribution < 1.29 is 28.7 Å². The van der Waals surface area contributed by atoms with Crippen molar-refractivity contribution in [1.82, 2.24) is 0 Å². The molecular weight excluding hydrogens is 623 g/mol. The molecule has 206 valence electrons. The van der Waals surface area contributed by atoms with Gasteiger partial charge in [0.15, 0.2) is 0 Å². The summed E-state index contributed by atoms with van der Waals surface area (Å²) in [5, 5.41) is 0.382. The molecule has 2 saturated heterocycles. The van der Waals surface area contributed by atoms with E-state index >= 15 is 0 Å². The van der Waals surface area contributed by atoms with Crippen molar-refractivity contribution in [3.05, 3.63) is 69.7 Å². The van der Waals surface area contributed by atoms with E-state index in [2.05, 4.69) is 15.9 Å². The molecule has 11 heteroatoms. The maximum absolute atomic E-state index is 14.3. The fourth-order valence-electron chi connectivity index (χ4n) is 7.47. The van der Waals surface area contributed by atoms with Crippen LogP contribution < -0.4 is 9.80 Å². The highest BCUT2D eigenvalue weighted by Crippen LogP contribution is 2.72. The summed E-state index contributed by atoms with van der Waals surface area (Å²) in [6, 6.07) is 12.9. The SMILES string of the molecule is CCOC(=O)C1=C(C)C2(Br)[C@H]3C(=O)N(c4ccccc4Cl)C(=O)[C@H]3C1(C)[C@H]1C(=O)N(c3ccccc3Cl)C(=O)[C@@H]12. The summed E-state index contributed by atoms with van der Waals surface area (Å²) in [5.74, 6) is -7.52. The highest BCUT2D eigenvalue weighted by molar-refractivity contribution is 9.10. The number of ether oxygens (including phenoxy) is 1. The van der Waals surface area contributed by atoms with Crippen molar-refractivity contribution in [3.8, 4) is 0 Å². The normalized spacial score (nSPS) is 32.6. The minimum absolute atomic E-state index is 0.0560. The lowest BCUT2D eigenvalue weighted by Gasteiger charge is -2.59. The third-order valence-corrected chi connectivity index (χ3v) is 11.2. The summed E-state index contributed by atoms with van der Waals surface area (Å²) in [6.45, 7) is 4.98. The van der Waals surface area contributed by atoms with Gasteiger partial charge in [0, 0.05) is 11.0 Å². The first kappa shape index (κ1) is 27.2. The summed E-state index contributed by atoms with van der Waals surface area (Å²) in [5.41, 5.74) is -0.641. The minimum Gasteiger partial charge on any atom is -0.463 e. The Balaban J connectivity index is 1.61. The average Bonchev–Trinajstić information content (AvgIpc) is 3.34. The second-order valence-corrected chi connectivity index (χ2v) is 12.7. The Kier molecular flexibility index (Phi) is 6.11. The molecule has 2 unspecified atom stereocenters. The van der Waals surface area contributed by atoms with E-state index in [1.54, 1.807) is 69.3 Å².